The second-order valence-corrected chi connectivity index (χ2v) is 5.61. The van der Waals surface area contributed by atoms with Gasteiger partial charge in [0.05, 0.1) is 0 Å². The third-order valence-corrected chi connectivity index (χ3v) is 3.62. The van der Waals surface area contributed by atoms with Crippen LogP contribution in [0.5, 0.6) is 0 Å². The van der Waals surface area contributed by atoms with Gasteiger partial charge in [0.15, 0.2) is 0 Å². The van der Waals surface area contributed by atoms with Gasteiger partial charge in [-0.1, -0.05) is 6.92 Å². The summed E-state index contributed by atoms with van der Waals surface area (Å²) in [5, 5.41) is 5.88. The molecule has 1 aliphatic rings. The summed E-state index contributed by atoms with van der Waals surface area (Å²) in [6, 6.07) is 2.16. The minimum atomic E-state index is -0.0575. The van der Waals surface area contributed by atoms with E-state index in [1.165, 1.54) is 0 Å². The van der Waals surface area contributed by atoms with Gasteiger partial charge in [-0.2, -0.15) is 0 Å². The summed E-state index contributed by atoms with van der Waals surface area (Å²) in [5.74, 6) is 0.807. The number of carbonyl (C=O) groups is 1. The first kappa shape index (κ1) is 15.5. The highest BCUT2D eigenvalue weighted by Crippen LogP contribution is 2.17. The number of rotatable bonds is 4. The maximum atomic E-state index is 11.7. The van der Waals surface area contributed by atoms with E-state index < -0.39 is 0 Å². The number of amides is 2. The molecule has 2 amide bonds. The van der Waals surface area contributed by atoms with Gasteiger partial charge in [-0.3, -0.25) is 0 Å². The molecule has 2 heterocycles. The fraction of sp³-hybridized carbons (Fsp3) is 0.667. The number of aryl methyl sites for hydroxylation is 2. The molecule has 0 aliphatic carbocycles. The first-order valence-corrected chi connectivity index (χ1v) is 7.70. The highest BCUT2D eigenvalue weighted by Gasteiger charge is 2.22. The second kappa shape index (κ2) is 7.24. The molecule has 2 N–H and O–H groups in total. The largest absolute Gasteiger partial charge is 0.341 e. The monoisotopic (exact) mass is 291 g/mol. The summed E-state index contributed by atoms with van der Waals surface area (Å²) < 4.78 is 0. The molecule has 21 heavy (non-hydrogen) atoms. The van der Waals surface area contributed by atoms with Gasteiger partial charge >= 0.3 is 6.03 Å². The molecule has 0 unspecified atom stereocenters. The third-order valence-electron chi connectivity index (χ3n) is 3.62. The van der Waals surface area contributed by atoms with Crippen LogP contribution in [0.1, 0.15) is 37.6 Å². The van der Waals surface area contributed by atoms with Crippen LogP contribution in [-0.2, 0) is 0 Å². The molecule has 2 rings (SSSR count). The molecule has 1 fully saturated rings. The fourth-order valence-corrected chi connectivity index (χ4v) is 2.55. The molecule has 116 valence electrons. The molecule has 0 bridgehead atoms. The van der Waals surface area contributed by atoms with Crippen molar-refractivity contribution in [2.75, 3.05) is 24.5 Å². The topological polar surface area (TPSA) is 70.2 Å². The van der Waals surface area contributed by atoms with Gasteiger partial charge in [0.2, 0.25) is 5.95 Å². The number of nitrogens with zero attached hydrogens (tertiary/aromatic N) is 3. The van der Waals surface area contributed by atoms with E-state index >= 15 is 0 Å². The van der Waals surface area contributed by atoms with Crippen molar-refractivity contribution < 1.29 is 4.79 Å². The van der Waals surface area contributed by atoms with Gasteiger partial charge in [-0.15, -0.1) is 0 Å². The zero-order valence-electron chi connectivity index (χ0n) is 13.1. The maximum Gasteiger partial charge on any atom is 0.315 e. The lowest BCUT2D eigenvalue weighted by Crippen LogP contribution is -2.48. The van der Waals surface area contributed by atoms with E-state index in [0.717, 1.165) is 56.2 Å². The van der Waals surface area contributed by atoms with Gasteiger partial charge in [0.1, 0.15) is 0 Å². The quantitative estimate of drug-likeness (QED) is 0.887. The molecular formula is C15H25N5O. The van der Waals surface area contributed by atoms with E-state index in [9.17, 15) is 4.79 Å². The third kappa shape index (κ3) is 4.58. The first-order chi connectivity index (χ1) is 10.1. The van der Waals surface area contributed by atoms with Gasteiger partial charge in [-0.25, -0.2) is 14.8 Å². The van der Waals surface area contributed by atoms with E-state index in [-0.39, 0.29) is 12.1 Å². The van der Waals surface area contributed by atoms with E-state index in [2.05, 4.69) is 25.5 Å². The number of aromatic nitrogens is 2. The number of anilines is 1. The average molecular weight is 291 g/mol. The molecule has 1 aromatic heterocycles. The van der Waals surface area contributed by atoms with Crippen LogP contribution in [0, 0.1) is 13.8 Å². The lowest BCUT2D eigenvalue weighted by Gasteiger charge is -2.32. The summed E-state index contributed by atoms with van der Waals surface area (Å²) in [7, 11) is 0. The number of nitrogens with one attached hydrogen (secondary N) is 2. The Morgan fingerprint density at radius 2 is 1.90 bits per heavy atom. The fourth-order valence-electron chi connectivity index (χ4n) is 2.55. The van der Waals surface area contributed by atoms with Crippen molar-refractivity contribution in [2.24, 2.45) is 0 Å². The Kier molecular flexibility index (Phi) is 5.36. The molecule has 1 aliphatic heterocycles. The summed E-state index contributed by atoms with van der Waals surface area (Å²) >= 11 is 0. The van der Waals surface area contributed by atoms with E-state index in [0.29, 0.717) is 0 Å². The minimum absolute atomic E-state index is 0.0575. The first-order valence-electron chi connectivity index (χ1n) is 7.70. The van der Waals surface area contributed by atoms with Crippen LogP contribution in [0.2, 0.25) is 0 Å². The van der Waals surface area contributed by atoms with Gasteiger partial charge in [0, 0.05) is 37.1 Å². The average Bonchev–Trinajstić information content (AvgIpc) is 2.45. The van der Waals surface area contributed by atoms with E-state index in [1.807, 2.05) is 26.8 Å². The van der Waals surface area contributed by atoms with Gasteiger partial charge in [0.25, 0.3) is 0 Å². The molecule has 1 aromatic rings. The van der Waals surface area contributed by atoms with Gasteiger partial charge in [-0.05, 0) is 39.2 Å². The Balaban J connectivity index is 1.84. The zero-order valence-corrected chi connectivity index (χ0v) is 13.1. The van der Waals surface area contributed by atoms with Crippen molar-refractivity contribution in [1.82, 2.24) is 20.6 Å². The lowest BCUT2D eigenvalue weighted by molar-refractivity contribution is 0.234. The molecule has 0 aromatic carbocycles. The minimum Gasteiger partial charge on any atom is -0.341 e. The smallest absolute Gasteiger partial charge is 0.315 e. The maximum absolute atomic E-state index is 11.7. The van der Waals surface area contributed by atoms with Crippen molar-refractivity contribution in [2.45, 2.75) is 46.1 Å². The van der Waals surface area contributed by atoms with Crippen LogP contribution in [0.4, 0.5) is 10.7 Å². The predicted molar refractivity (Wildman–Crippen MR) is 83.6 cm³/mol. The van der Waals surface area contributed by atoms with Gasteiger partial charge < -0.3 is 15.5 Å². The number of hydrogen-bond donors (Lipinski definition) is 2. The molecule has 0 radical (unpaired) electrons. The molecule has 6 nitrogen and oxygen atoms in total. The SMILES string of the molecule is CCCNC(=O)NC1CCN(c2nc(C)cc(C)n2)CC1. The highest BCUT2D eigenvalue weighted by atomic mass is 16.2. The van der Waals surface area contributed by atoms with Crippen LogP contribution >= 0.6 is 0 Å². The summed E-state index contributed by atoms with van der Waals surface area (Å²) in [6.45, 7) is 8.50. The molecule has 0 spiro atoms. The van der Waals surface area contributed by atoms with Crippen molar-refractivity contribution in [3.8, 4) is 0 Å². The number of carbonyl (C=O) groups excluding carboxylic acids is 1. The van der Waals surface area contributed by atoms with Crippen molar-refractivity contribution in [3.05, 3.63) is 17.5 Å². The molecule has 1 saturated heterocycles. The normalized spacial score (nSPS) is 15.9. The van der Waals surface area contributed by atoms with Crippen molar-refractivity contribution in [1.29, 1.82) is 0 Å². The Labute approximate surface area is 126 Å². The van der Waals surface area contributed by atoms with E-state index in [4.69, 9.17) is 0 Å². The number of hydrogen-bond acceptors (Lipinski definition) is 4. The van der Waals surface area contributed by atoms with Crippen LogP contribution in [0.3, 0.4) is 0 Å². The van der Waals surface area contributed by atoms with Crippen LogP contribution in [0.25, 0.3) is 0 Å². The Hall–Kier alpha value is -1.85. The standard InChI is InChI=1S/C15H25N5O/c1-4-7-16-15(21)19-13-5-8-20(9-6-13)14-17-11(2)10-12(3)18-14/h10,13H,4-9H2,1-3H3,(H2,16,19,21). The summed E-state index contributed by atoms with van der Waals surface area (Å²) in [5.41, 5.74) is 1.99. The molecular weight excluding hydrogens is 266 g/mol. The van der Waals surface area contributed by atoms with Crippen molar-refractivity contribution in [3.63, 3.8) is 0 Å². The summed E-state index contributed by atoms with van der Waals surface area (Å²) in [6.07, 6.45) is 2.81. The number of urea groups is 1. The molecule has 0 atom stereocenters. The Morgan fingerprint density at radius 1 is 1.29 bits per heavy atom. The van der Waals surface area contributed by atoms with E-state index in [1.54, 1.807) is 0 Å². The zero-order chi connectivity index (χ0) is 15.2. The molecule has 6 heteroatoms. The predicted octanol–water partition coefficient (Wildman–Crippen LogP) is 1.77. The Morgan fingerprint density at radius 3 is 2.48 bits per heavy atom. The van der Waals surface area contributed by atoms with Crippen molar-refractivity contribution >= 4 is 12.0 Å². The molecule has 0 saturated carbocycles. The number of piperidine rings is 1. The lowest BCUT2D eigenvalue weighted by atomic mass is 10.1. The highest BCUT2D eigenvalue weighted by molar-refractivity contribution is 5.74. The van der Waals surface area contributed by atoms with Crippen LogP contribution in [-0.4, -0.2) is 41.7 Å². The summed E-state index contributed by atoms with van der Waals surface area (Å²) in [4.78, 5) is 22.8. The van der Waals surface area contributed by atoms with Crippen LogP contribution < -0.4 is 15.5 Å². The van der Waals surface area contributed by atoms with Crippen LogP contribution in [0.15, 0.2) is 6.07 Å². The second-order valence-electron chi connectivity index (χ2n) is 5.61. The Bertz CT molecular complexity index is 463.